The molecule has 2 aromatic heterocycles. The van der Waals surface area contributed by atoms with Gasteiger partial charge in [-0.3, -0.25) is 4.79 Å². The highest BCUT2D eigenvalue weighted by Crippen LogP contribution is 2.17. The van der Waals surface area contributed by atoms with E-state index in [9.17, 15) is 4.79 Å². The number of benzene rings is 2. The van der Waals surface area contributed by atoms with Gasteiger partial charge in [-0.15, -0.1) is 0 Å². The summed E-state index contributed by atoms with van der Waals surface area (Å²) in [5, 5.41) is 6.97. The maximum atomic E-state index is 12.7. The van der Waals surface area contributed by atoms with Crippen molar-refractivity contribution in [2.75, 3.05) is 19.0 Å². The van der Waals surface area contributed by atoms with Crippen LogP contribution in [0.3, 0.4) is 0 Å². The number of anilines is 1. The van der Waals surface area contributed by atoms with Gasteiger partial charge in [-0.2, -0.15) is 0 Å². The molecule has 2 aromatic carbocycles. The van der Waals surface area contributed by atoms with E-state index < -0.39 is 0 Å². The van der Waals surface area contributed by atoms with Gasteiger partial charge in [-0.25, -0.2) is 4.98 Å². The summed E-state index contributed by atoms with van der Waals surface area (Å²) in [6.45, 7) is 1.04. The van der Waals surface area contributed by atoms with Crippen molar-refractivity contribution in [3.8, 4) is 5.75 Å². The Bertz CT molecular complexity index is 1190. The second-order valence-corrected chi connectivity index (χ2v) is 7.53. The van der Waals surface area contributed by atoms with E-state index >= 15 is 0 Å². The van der Waals surface area contributed by atoms with Gasteiger partial charge in [0.25, 0.3) is 5.91 Å². The molecule has 0 fully saturated rings. The monoisotopic (exact) mass is 434 g/mol. The van der Waals surface area contributed by atoms with Crippen LogP contribution >= 0.6 is 11.6 Å². The fourth-order valence-electron chi connectivity index (χ4n) is 3.33. The molecule has 4 rings (SSSR count). The van der Waals surface area contributed by atoms with Crippen LogP contribution in [-0.2, 0) is 13.0 Å². The SMILES string of the molecule is COc1ccc(CCNC(=O)c2ccccc2NCc2cn3cc(Cl)ccc3n2)cc1. The van der Waals surface area contributed by atoms with Crippen LogP contribution < -0.4 is 15.4 Å². The zero-order valence-corrected chi connectivity index (χ0v) is 17.9. The highest BCUT2D eigenvalue weighted by molar-refractivity contribution is 6.30. The predicted molar refractivity (Wildman–Crippen MR) is 123 cm³/mol. The van der Waals surface area contributed by atoms with Gasteiger partial charge in [0.1, 0.15) is 11.4 Å². The molecule has 0 saturated heterocycles. The number of carbonyl (C=O) groups is 1. The molecule has 0 atom stereocenters. The molecule has 0 aliphatic carbocycles. The maximum Gasteiger partial charge on any atom is 0.253 e. The van der Waals surface area contributed by atoms with Crippen LogP contribution in [0.5, 0.6) is 5.75 Å². The number of nitrogens with one attached hydrogen (secondary N) is 2. The first-order valence-electron chi connectivity index (χ1n) is 9.99. The van der Waals surface area contributed by atoms with Gasteiger partial charge in [0, 0.05) is 24.6 Å². The molecular formula is C24H23ClN4O2. The van der Waals surface area contributed by atoms with E-state index in [0.29, 0.717) is 23.7 Å². The Morgan fingerprint density at radius 2 is 1.87 bits per heavy atom. The Morgan fingerprint density at radius 3 is 2.68 bits per heavy atom. The van der Waals surface area contributed by atoms with Gasteiger partial charge in [0.2, 0.25) is 0 Å². The van der Waals surface area contributed by atoms with Gasteiger partial charge in [-0.05, 0) is 48.4 Å². The largest absolute Gasteiger partial charge is 0.497 e. The Labute approximate surface area is 185 Å². The molecule has 1 amide bonds. The standard InChI is InChI=1S/C24H23ClN4O2/c1-31-20-9-6-17(7-10-20)12-13-26-24(30)21-4-2-3-5-22(21)27-14-19-16-29-15-18(25)8-11-23(29)28-19/h2-11,15-16,27H,12-14H2,1H3,(H,26,30). The number of halogens is 1. The summed E-state index contributed by atoms with van der Waals surface area (Å²) in [5.41, 5.74) is 4.19. The van der Waals surface area contributed by atoms with Crippen LogP contribution in [0.1, 0.15) is 21.6 Å². The second kappa shape index (κ2) is 9.53. The normalized spacial score (nSPS) is 10.8. The Balaban J connectivity index is 1.36. The quantitative estimate of drug-likeness (QED) is 0.426. The second-order valence-electron chi connectivity index (χ2n) is 7.10. The van der Waals surface area contributed by atoms with Crippen molar-refractivity contribution < 1.29 is 9.53 Å². The molecule has 0 unspecified atom stereocenters. The summed E-state index contributed by atoms with van der Waals surface area (Å²) >= 11 is 6.04. The number of aromatic nitrogens is 2. The smallest absolute Gasteiger partial charge is 0.253 e. The summed E-state index contributed by atoms with van der Waals surface area (Å²) in [5.74, 6) is 0.708. The summed E-state index contributed by atoms with van der Waals surface area (Å²) in [6.07, 6.45) is 4.48. The molecule has 0 bridgehead atoms. The highest BCUT2D eigenvalue weighted by Gasteiger charge is 2.11. The molecule has 0 aliphatic heterocycles. The first-order chi connectivity index (χ1) is 15.1. The lowest BCUT2D eigenvalue weighted by Crippen LogP contribution is -2.26. The van der Waals surface area contributed by atoms with Gasteiger partial charge in [0.15, 0.2) is 0 Å². The number of rotatable bonds is 8. The number of hydrogen-bond donors (Lipinski definition) is 2. The number of imidazole rings is 1. The Kier molecular flexibility index (Phi) is 6.38. The third-order valence-corrected chi connectivity index (χ3v) is 5.18. The number of hydrogen-bond acceptors (Lipinski definition) is 4. The average Bonchev–Trinajstić information content (AvgIpc) is 3.20. The molecule has 0 aliphatic rings. The van der Waals surface area contributed by atoms with Crippen LogP contribution in [-0.4, -0.2) is 28.9 Å². The Hall–Kier alpha value is -3.51. The van der Waals surface area contributed by atoms with Crippen molar-refractivity contribution in [1.82, 2.24) is 14.7 Å². The minimum Gasteiger partial charge on any atom is -0.497 e. The topological polar surface area (TPSA) is 67.7 Å². The number of fused-ring (bicyclic) bond motifs is 1. The fraction of sp³-hybridized carbons (Fsp3) is 0.167. The zero-order valence-electron chi connectivity index (χ0n) is 17.1. The number of amides is 1. The van der Waals surface area contributed by atoms with E-state index in [4.69, 9.17) is 16.3 Å². The van der Waals surface area contributed by atoms with Crippen LogP contribution in [0.25, 0.3) is 5.65 Å². The third kappa shape index (κ3) is 5.16. The van der Waals surface area contributed by atoms with E-state index in [1.54, 1.807) is 7.11 Å². The lowest BCUT2D eigenvalue weighted by molar-refractivity contribution is 0.0955. The predicted octanol–water partition coefficient (Wildman–Crippen LogP) is 4.58. The molecule has 2 heterocycles. The summed E-state index contributed by atoms with van der Waals surface area (Å²) in [6, 6.07) is 19.0. The van der Waals surface area contributed by atoms with Crippen LogP contribution in [0.15, 0.2) is 73.1 Å². The van der Waals surface area contributed by atoms with E-state index in [-0.39, 0.29) is 5.91 Å². The summed E-state index contributed by atoms with van der Waals surface area (Å²) < 4.78 is 7.06. The molecule has 0 saturated carbocycles. The summed E-state index contributed by atoms with van der Waals surface area (Å²) in [4.78, 5) is 17.3. The first-order valence-corrected chi connectivity index (χ1v) is 10.4. The van der Waals surface area contributed by atoms with E-state index in [1.807, 2.05) is 77.5 Å². The number of nitrogens with zero attached hydrogens (tertiary/aromatic N) is 2. The third-order valence-electron chi connectivity index (χ3n) is 4.95. The molecule has 0 spiro atoms. The molecular weight excluding hydrogens is 412 g/mol. The molecule has 2 N–H and O–H groups in total. The fourth-order valence-corrected chi connectivity index (χ4v) is 3.50. The minimum absolute atomic E-state index is 0.113. The minimum atomic E-state index is -0.113. The van der Waals surface area contributed by atoms with E-state index in [2.05, 4.69) is 15.6 Å². The van der Waals surface area contributed by atoms with E-state index in [1.165, 1.54) is 0 Å². The molecule has 4 aromatic rings. The Morgan fingerprint density at radius 1 is 1.06 bits per heavy atom. The molecule has 6 nitrogen and oxygen atoms in total. The number of para-hydroxylation sites is 1. The van der Waals surface area contributed by atoms with Crippen LogP contribution in [0.2, 0.25) is 5.02 Å². The van der Waals surface area contributed by atoms with Crippen molar-refractivity contribution in [3.05, 3.63) is 94.9 Å². The lowest BCUT2D eigenvalue weighted by Gasteiger charge is -2.12. The van der Waals surface area contributed by atoms with Crippen LogP contribution in [0, 0.1) is 0 Å². The molecule has 158 valence electrons. The summed E-state index contributed by atoms with van der Waals surface area (Å²) in [7, 11) is 1.64. The molecule has 0 radical (unpaired) electrons. The maximum absolute atomic E-state index is 12.7. The van der Waals surface area contributed by atoms with Crippen molar-refractivity contribution in [2.45, 2.75) is 13.0 Å². The number of pyridine rings is 1. The van der Waals surface area contributed by atoms with Gasteiger partial charge >= 0.3 is 0 Å². The highest BCUT2D eigenvalue weighted by atomic mass is 35.5. The number of carbonyl (C=O) groups excluding carboxylic acids is 1. The van der Waals surface area contributed by atoms with Gasteiger partial charge in [-0.1, -0.05) is 35.9 Å². The van der Waals surface area contributed by atoms with Gasteiger partial charge < -0.3 is 19.8 Å². The average molecular weight is 435 g/mol. The lowest BCUT2D eigenvalue weighted by atomic mass is 10.1. The number of methoxy groups -OCH3 is 1. The van der Waals surface area contributed by atoms with Crippen molar-refractivity contribution in [2.24, 2.45) is 0 Å². The van der Waals surface area contributed by atoms with E-state index in [0.717, 1.165) is 34.8 Å². The van der Waals surface area contributed by atoms with Crippen LogP contribution in [0.4, 0.5) is 5.69 Å². The zero-order chi connectivity index (χ0) is 21.6. The first kappa shape index (κ1) is 20.8. The van der Waals surface area contributed by atoms with Crippen molar-refractivity contribution in [1.29, 1.82) is 0 Å². The number of ether oxygens (including phenoxy) is 1. The molecule has 7 heteroatoms. The molecule has 31 heavy (non-hydrogen) atoms. The van der Waals surface area contributed by atoms with Gasteiger partial charge in [0.05, 0.1) is 29.9 Å². The van der Waals surface area contributed by atoms with Crippen molar-refractivity contribution >= 4 is 28.8 Å². The van der Waals surface area contributed by atoms with Crippen molar-refractivity contribution in [3.63, 3.8) is 0 Å².